The molecule has 0 aliphatic heterocycles. The first-order valence-corrected chi connectivity index (χ1v) is 12.1. The normalized spacial score (nSPS) is 10.3. The summed E-state index contributed by atoms with van der Waals surface area (Å²) in [4.78, 5) is 24.4. The molecule has 33 heavy (non-hydrogen) atoms. The van der Waals surface area contributed by atoms with E-state index in [2.05, 4.69) is 39.0 Å². The highest BCUT2D eigenvalue weighted by molar-refractivity contribution is 9.10. The van der Waals surface area contributed by atoms with Crippen LogP contribution in [0.4, 0.5) is 0 Å². The van der Waals surface area contributed by atoms with Crippen LogP contribution < -0.4 is 25.6 Å². The number of rotatable bonds is 10. The first-order valence-electron chi connectivity index (χ1n) is 10.5. The summed E-state index contributed by atoms with van der Waals surface area (Å²) in [7, 11) is 0. The van der Waals surface area contributed by atoms with Gasteiger partial charge in [-0.15, -0.1) is 0 Å². The lowest BCUT2D eigenvalue weighted by molar-refractivity contribution is -0.123. The van der Waals surface area contributed by atoms with Crippen molar-refractivity contribution in [3.05, 3.63) is 57.0 Å². The lowest BCUT2D eigenvalue weighted by Crippen LogP contribution is -2.49. The zero-order valence-electron chi connectivity index (χ0n) is 18.5. The van der Waals surface area contributed by atoms with Crippen molar-refractivity contribution in [1.82, 2.24) is 16.2 Å². The molecule has 0 saturated heterocycles. The maximum atomic E-state index is 12.4. The number of halogens is 2. The molecule has 0 bridgehead atoms. The molecule has 0 saturated carbocycles. The fourth-order valence-corrected chi connectivity index (χ4v) is 3.45. The van der Waals surface area contributed by atoms with Crippen molar-refractivity contribution in [2.24, 2.45) is 0 Å². The van der Waals surface area contributed by atoms with Crippen molar-refractivity contribution in [3.8, 4) is 11.5 Å². The van der Waals surface area contributed by atoms with Crippen LogP contribution in [0.25, 0.3) is 0 Å². The predicted molar refractivity (Wildman–Crippen MR) is 137 cm³/mol. The van der Waals surface area contributed by atoms with Crippen LogP contribution in [0.1, 0.15) is 48.5 Å². The monoisotopic (exact) mass is 555 g/mol. The average Bonchev–Trinajstić information content (AvgIpc) is 2.79. The van der Waals surface area contributed by atoms with Crippen molar-refractivity contribution in [2.45, 2.75) is 39.5 Å². The van der Waals surface area contributed by atoms with Crippen molar-refractivity contribution >= 4 is 56.7 Å². The van der Waals surface area contributed by atoms with Crippen molar-refractivity contribution in [1.29, 1.82) is 0 Å². The van der Waals surface area contributed by atoms with Crippen molar-refractivity contribution in [3.63, 3.8) is 0 Å². The van der Waals surface area contributed by atoms with E-state index in [0.717, 1.165) is 18.4 Å². The third-order valence-electron chi connectivity index (χ3n) is 4.49. The number of ether oxygens (including phenoxy) is 2. The molecule has 0 unspecified atom stereocenters. The molecule has 0 radical (unpaired) electrons. The van der Waals surface area contributed by atoms with Gasteiger partial charge in [-0.1, -0.05) is 37.8 Å². The van der Waals surface area contributed by atoms with Gasteiger partial charge >= 0.3 is 0 Å². The molecule has 7 nitrogen and oxygen atoms in total. The van der Waals surface area contributed by atoms with Crippen LogP contribution in [0, 0.1) is 6.92 Å². The smallest absolute Gasteiger partial charge is 0.276 e. The molecule has 0 aliphatic rings. The number of hydrogen-bond acceptors (Lipinski definition) is 5. The molecular weight excluding hydrogens is 530 g/mol. The summed E-state index contributed by atoms with van der Waals surface area (Å²) >= 11 is 14.4. The Kier molecular flexibility index (Phi) is 11.4. The second kappa shape index (κ2) is 14.0. The van der Waals surface area contributed by atoms with E-state index in [-0.39, 0.29) is 11.7 Å². The summed E-state index contributed by atoms with van der Waals surface area (Å²) in [5, 5.41) is 3.07. The summed E-state index contributed by atoms with van der Waals surface area (Å²) in [6.07, 6.45) is 4.47. The van der Waals surface area contributed by atoms with Gasteiger partial charge in [-0.2, -0.15) is 0 Å². The highest BCUT2D eigenvalue weighted by atomic mass is 79.9. The van der Waals surface area contributed by atoms with E-state index in [1.54, 1.807) is 36.4 Å². The second-order valence-corrected chi connectivity index (χ2v) is 8.88. The van der Waals surface area contributed by atoms with E-state index in [0.29, 0.717) is 33.2 Å². The number of aryl methyl sites for hydroxylation is 1. The van der Waals surface area contributed by atoms with Gasteiger partial charge in [-0.05, 0) is 83.5 Å². The van der Waals surface area contributed by atoms with Gasteiger partial charge in [0, 0.05) is 10.6 Å². The van der Waals surface area contributed by atoms with E-state index < -0.39 is 11.8 Å². The molecule has 0 spiro atoms. The van der Waals surface area contributed by atoms with Crippen molar-refractivity contribution in [2.75, 3.05) is 13.2 Å². The van der Waals surface area contributed by atoms with Crippen LogP contribution in [0.3, 0.4) is 0 Å². The first kappa shape index (κ1) is 26.9. The third kappa shape index (κ3) is 9.57. The first-order chi connectivity index (χ1) is 15.8. The Balaban J connectivity index is 1.74. The number of benzene rings is 2. The summed E-state index contributed by atoms with van der Waals surface area (Å²) < 4.78 is 11.8. The predicted octanol–water partition coefficient (Wildman–Crippen LogP) is 5.08. The van der Waals surface area contributed by atoms with Gasteiger partial charge in [0.15, 0.2) is 11.7 Å². The highest BCUT2D eigenvalue weighted by Crippen LogP contribution is 2.26. The molecular formula is C23H27BrClN3O4S. The molecule has 10 heteroatoms. The molecule has 0 heterocycles. The van der Waals surface area contributed by atoms with Gasteiger partial charge in [-0.25, -0.2) is 0 Å². The Hall–Kier alpha value is -2.36. The molecule has 0 atom stereocenters. The summed E-state index contributed by atoms with van der Waals surface area (Å²) in [6, 6.07) is 10.1. The van der Waals surface area contributed by atoms with Gasteiger partial charge in [0.05, 0.1) is 11.1 Å². The van der Waals surface area contributed by atoms with Crippen LogP contribution >= 0.6 is 39.7 Å². The fraction of sp³-hybridized carbons (Fsp3) is 0.348. The number of unbranched alkanes of at least 4 members (excludes halogenated alkanes) is 3. The van der Waals surface area contributed by atoms with E-state index in [4.69, 9.17) is 33.3 Å². The fourth-order valence-electron chi connectivity index (χ4n) is 2.70. The molecule has 2 rings (SSSR count). The molecule has 2 amide bonds. The molecule has 178 valence electrons. The average molecular weight is 557 g/mol. The Labute approximate surface area is 212 Å². The van der Waals surface area contributed by atoms with Crippen LogP contribution in [0.5, 0.6) is 11.5 Å². The minimum absolute atomic E-state index is 0.0527. The number of nitrogens with one attached hydrogen (secondary N) is 3. The highest BCUT2D eigenvalue weighted by Gasteiger charge is 2.12. The topological polar surface area (TPSA) is 88.7 Å². The van der Waals surface area contributed by atoms with Gasteiger partial charge < -0.3 is 9.47 Å². The number of hydrazine groups is 1. The van der Waals surface area contributed by atoms with Gasteiger partial charge in [0.2, 0.25) is 0 Å². The minimum atomic E-state index is -0.470. The summed E-state index contributed by atoms with van der Waals surface area (Å²) in [5.74, 6) is 0.293. The van der Waals surface area contributed by atoms with E-state index in [1.807, 2.05) is 6.92 Å². The molecule has 0 fully saturated rings. The number of hydrogen-bond donors (Lipinski definition) is 3. The standard InChI is InChI=1S/C23H27BrClN3O4S/c1-3-4-5-6-11-31-20-10-7-16(13-18(20)24)22(30)26-23(33)28-27-21(29)14-32-17-8-9-19(25)15(2)12-17/h7-10,12-13H,3-6,11,14H2,1-2H3,(H,27,29)(H2,26,28,30,33). The van der Waals surface area contributed by atoms with Crippen molar-refractivity contribution < 1.29 is 19.1 Å². The molecule has 0 aromatic heterocycles. The Morgan fingerprint density at radius 2 is 1.85 bits per heavy atom. The SMILES string of the molecule is CCCCCCOc1ccc(C(=O)NC(=S)NNC(=O)COc2ccc(Cl)c(C)c2)cc1Br. The quantitative estimate of drug-likeness (QED) is 0.215. The van der Waals surface area contributed by atoms with Crippen LogP contribution in [0.2, 0.25) is 5.02 Å². The van der Waals surface area contributed by atoms with E-state index in [1.165, 1.54) is 12.8 Å². The number of amides is 2. The second-order valence-electron chi connectivity index (χ2n) is 7.21. The molecule has 0 aliphatic carbocycles. The Bertz CT molecular complexity index is 990. The number of thiocarbonyl (C=S) groups is 1. The lowest BCUT2D eigenvalue weighted by atomic mass is 10.2. The molecule has 2 aromatic carbocycles. The minimum Gasteiger partial charge on any atom is -0.492 e. The maximum absolute atomic E-state index is 12.4. The number of carbonyl (C=O) groups excluding carboxylic acids is 2. The van der Waals surface area contributed by atoms with Gasteiger partial charge in [0.1, 0.15) is 11.5 Å². The number of carbonyl (C=O) groups is 2. The van der Waals surface area contributed by atoms with E-state index >= 15 is 0 Å². The van der Waals surface area contributed by atoms with Gasteiger partial charge in [-0.3, -0.25) is 25.8 Å². The summed E-state index contributed by atoms with van der Waals surface area (Å²) in [6.45, 7) is 4.39. The molecule has 3 N–H and O–H groups in total. The zero-order chi connectivity index (χ0) is 24.2. The summed E-state index contributed by atoms with van der Waals surface area (Å²) in [5.41, 5.74) is 6.07. The molecule has 2 aromatic rings. The lowest BCUT2D eigenvalue weighted by Gasteiger charge is -2.13. The third-order valence-corrected chi connectivity index (χ3v) is 5.74. The Morgan fingerprint density at radius 1 is 1.06 bits per heavy atom. The Morgan fingerprint density at radius 3 is 2.55 bits per heavy atom. The maximum Gasteiger partial charge on any atom is 0.276 e. The van der Waals surface area contributed by atoms with Crippen LogP contribution in [-0.2, 0) is 4.79 Å². The van der Waals surface area contributed by atoms with E-state index in [9.17, 15) is 9.59 Å². The van der Waals surface area contributed by atoms with Gasteiger partial charge in [0.25, 0.3) is 11.8 Å². The largest absolute Gasteiger partial charge is 0.492 e. The zero-order valence-corrected chi connectivity index (χ0v) is 21.7. The van der Waals surface area contributed by atoms with Crippen LogP contribution in [-0.4, -0.2) is 30.1 Å². The van der Waals surface area contributed by atoms with Crippen LogP contribution in [0.15, 0.2) is 40.9 Å².